The van der Waals surface area contributed by atoms with Gasteiger partial charge in [-0.1, -0.05) is 91.0 Å². The van der Waals surface area contributed by atoms with Crippen LogP contribution in [-0.4, -0.2) is 43.3 Å². The summed E-state index contributed by atoms with van der Waals surface area (Å²) in [7, 11) is 0. The van der Waals surface area contributed by atoms with Gasteiger partial charge in [0.25, 0.3) is 0 Å². The molecule has 0 spiro atoms. The van der Waals surface area contributed by atoms with Gasteiger partial charge in [-0.05, 0) is 30.5 Å². The van der Waals surface area contributed by atoms with Crippen molar-refractivity contribution in [3.63, 3.8) is 0 Å². The number of rotatable bonds is 7. The Hall–Kier alpha value is -2.46. The van der Waals surface area contributed by atoms with Crippen LogP contribution in [0.5, 0.6) is 0 Å². The van der Waals surface area contributed by atoms with Crippen LogP contribution >= 0.6 is 0 Å². The lowest BCUT2D eigenvalue weighted by atomic mass is 9.80. The lowest BCUT2D eigenvalue weighted by Crippen LogP contribution is -2.48. The van der Waals surface area contributed by atoms with Crippen LogP contribution in [0.4, 0.5) is 0 Å². The van der Waals surface area contributed by atoms with E-state index in [1.807, 2.05) is 0 Å². The van der Waals surface area contributed by atoms with E-state index in [1.54, 1.807) is 0 Å². The molecule has 0 bridgehead atoms. The molecule has 30 heavy (non-hydrogen) atoms. The highest BCUT2D eigenvalue weighted by Crippen LogP contribution is 2.40. The molecule has 1 saturated heterocycles. The van der Waals surface area contributed by atoms with Gasteiger partial charge < -0.3 is 9.47 Å². The Bertz CT molecular complexity index is 799. The maximum absolute atomic E-state index is 6.90. The summed E-state index contributed by atoms with van der Waals surface area (Å²) in [6.07, 6.45) is 0.0525. The quantitative estimate of drug-likeness (QED) is 0.514. The van der Waals surface area contributed by atoms with Gasteiger partial charge in [0.2, 0.25) is 0 Å². The van der Waals surface area contributed by atoms with Crippen LogP contribution in [-0.2, 0) is 15.1 Å². The van der Waals surface area contributed by atoms with Crippen molar-refractivity contribution in [1.29, 1.82) is 0 Å². The fourth-order valence-electron chi connectivity index (χ4n) is 4.30. The van der Waals surface area contributed by atoms with Crippen LogP contribution in [0.3, 0.4) is 0 Å². The van der Waals surface area contributed by atoms with E-state index in [4.69, 9.17) is 9.47 Å². The summed E-state index contributed by atoms with van der Waals surface area (Å²) >= 11 is 0. The molecule has 0 amide bonds. The summed E-state index contributed by atoms with van der Waals surface area (Å²) in [5.41, 5.74) is 2.68. The highest BCUT2D eigenvalue weighted by molar-refractivity contribution is 5.47. The molecule has 0 radical (unpaired) electrons. The third kappa shape index (κ3) is 4.34. The third-order valence-corrected chi connectivity index (χ3v) is 5.93. The molecule has 3 heteroatoms. The minimum absolute atomic E-state index is 0.0525. The molecular formula is C27H31NO2. The average molecular weight is 402 g/mol. The summed E-state index contributed by atoms with van der Waals surface area (Å²) in [5.74, 6) is 0. The molecule has 3 aromatic rings. The monoisotopic (exact) mass is 401 g/mol. The van der Waals surface area contributed by atoms with Crippen molar-refractivity contribution in [3.8, 4) is 0 Å². The first kappa shape index (κ1) is 20.8. The highest BCUT2D eigenvalue weighted by Gasteiger charge is 2.38. The molecule has 0 saturated carbocycles. The van der Waals surface area contributed by atoms with Gasteiger partial charge in [-0.3, -0.25) is 4.90 Å². The van der Waals surface area contributed by atoms with E-state index in [9.17, 15) is 0 Å². The van der Waals surface area contributed by atoms with Gasteiger partial charge in [0, 0.05) is 19.1 Å². The van der Waals surface area contributed by atoms with Crippen LogP contribution in [0.25, 0.3) is 0 Å². The Labute approximate surface area is 180 Å². The van der Waals surface area contributed by atoms with Gasteiger partial charge in [0.15, 0.2) is 0 Å². The third-order valence-electron chi connectivity index (χ3n) is 5.93. The molecule has 0 unspecified atom stereocenters. The van der Waals surface area contributed by atoms with E-state index >= 15 is 0 Å². The topological polar surface area (TPSA) is 21.7 Å². The number of ether oxygens (including phenoxy) is 2. The molecule has 1 atom stereocenters. The number of benzene rings is 3. The molecular weight excluding hydrogens is 370 g/mol. The molecule has 0 N–H and O–H groups in total. The highest BCUT2D eigenvalue weighted by atomic mass is 16.5. The van der Waals surface area contributed by atoms with E-state index in [0.29, 0.717) is 12.6 Å². The lowest BCUT2D eigenvalue weighted by molar-refractivity contribution is -0.103. The molecule has 0 aromatic heterocycles. The zero-order chi connectivity index (χ0) is 20.8. The second kappa shape index (κ2) is 9.57. The Morgan fingerprint density at radius 2 is 1.30 bits per heavy atom. The molecule has 1 heterocycles. The molecule has 0 aliphatic carbocycles. The van der Waals surface area contributed by atoms with Crippen molar-refractivity contribution >= 4 is 0 Å². The second-order valence-electron chi connectivity index (χ2n) is 8.17. The van der Waals surface area contributed by atoms with E-state index in [-0.39, 0.29) is 6.10 Å². The SMILES string of the molecule is CC(C)N1CCO[C@H](COC(c2ccccc2)(c2ccccc2)c2ccccc2)C1. The van der Waals surface area contributed by atoms with Crippen molar-refractivity contribution < 1.29 is 9.47 Å². The van der Waals surface area contributed by atoms with E-state index in [2.05, 4.69) is 110 Å². The Morgan fingerprint density at radius 1 is 0.833 bits per heavy atom. The summed E-state index contributed by atoms with van der Waals surface area (Å²) in [5, 5.41) is 0. The van der Waals surface area contributed by atoms with Gasteiger partial charge in [-0.25, -0.2) is 0 Å². The summed E-state index contributed by atoms with van der Waals surface area (Å²) in [4.78, 5) is 2.47. The normalized spacial score (nSPS) is 17.9. The summed E-state index contributed by atoms with van der Waals surface area (Å²) in [6, 6.07) is 32.1. The van der Waals surface area contributed by atoms with Gasteiger partial charge in [-0.2, -0.15) is 0 Å². The van der Waals surface area contributed by atoms with Crippen LogP contribution < -0.4 is 0 Å². The smallest absolute Gasteiger partial charge is 0.143 e. The lowest BCUT2D eigenvalue weighted by Gasteiger charge is -2.40. The molecule has 1 aliphatic heterocycles. The molecule has 3 nitrogen and oxygen atoms in total. The van der Waals surface area contributed by atoms with Gasteiger partial charge >= 0.3 is 0 Å². The molecule has 1 fully saturated rings. The van der Waals surface area contributed by atoms with Crippen molar-refractivity contribution in [2.24, 2.45) is 0 Å². The van der Waals surface area contributed by atoms with Gasteiger partial charge in [0.05, 0.1) is 19.3 Å². The van der Waals surface area contributed by atoms with Crippen LogP contribution in [0.2, 0.25) is 0 Å². The standard InChI is InChI=1S/C27H31NO2/c1-22(2)28-18-19-29-26(20-28)21-30-27(23-12-6-3-7-13-23,24-14-8-4-9-15-24)25-16-10-5-11-17-25/h3-17,22,26H,18-21H2,1-2H3/t26-/m0/s1. The summed E-state index contributed by atoms with van der Waals surface area (Å²) in [6.45, 7) is 7.64. The van der Waals surface area contributed by atoms with E-state index < -0.39 is 5.60 Å². The Morgan fingerprint density at radius 3 is 1.73 bits per heavy atom. The minimum Gasteiger partial charge on any atom is -0.373 e. The summed E-state index contributed by atoms with van der Waals surface area (Å²) < 4.78 is 13.0. The van der Waals surface area contributed by atoms with Crippen molar-refractivity contribution in [2.45, 2.75) is 31.6 Å². The number of morpholine rings is 1. The predicted octanol–water partition coefficient (Wildman–Crippen LogP) is 5.10. The maximum atomic E-state index is 6.90. The van der Waals surface area contributed by atoms with E-state index in [1.165, 1.54) is 0 Å². The minimum atomic E-state index is -0.687. The van der Waals surface area contributed by atoms with Gasteiger partial charge in [-0.15, -0.1) is 0 Å². The first-order valence-corrected chi connectivity index (χ1v) is 10.9. The van der Waals surface area contributed by atoms with Crippen molar-refractivity contribution in [3.05, 3.63) is 108 Å². The van der Waals surface area contributed by atoms with Crippen LogP contribution in [0.15, 0.2) is 91.0 Å². The van der Waals surface area contributed by atoms with Gasteiger partial charge in [0.1, 0.15) is 5.60 Å². The van der Waals surface area contributed by atoms with Crippen LogP contribution in [0.1, 0.15) is 30.5 Å². The molecule has 1 aliphatic rings. The molecule has 4 rings (SSSR count). The second-order valence-corrected chi connectivity index (χ2v) is 8.17. The first-order valence-electron chi connectivity index (χ1n) is 10.9. The first-order chi connectivity index (χ1) is 14.7. The fourth-order valence-corrected chi connectivity index (χ4v) is 4.30. The largest absolute Gasteiger partial charge is 0.373 e. The van der Waals surface area contributed by atoms with Crippen molar-refractivity contribution in [2.75, 3.05) is 26.3 Å². The zero-order valence-electron chi connectivity index (χ0n) is 17.9. The molecule has 3 aromatic carbocycles. The number of hydrogen-bond acceptors (Lipinski definition) is 3. The van der Waals surface area contributed by atoms with Crippen LogP contribution in [0, 0.1) is 0 Å². The molecule has 156 valence electrons. The maximum Gasteiger partial charge on any atom is 0.143 e. The number of nitrogens with zero attached hydrogens (tertiary/aromatic N) is 1. The van der Waals surface area contributed by atoms with E-state index in [0.717, 1.165) is 36.4 Å². The average Bonchev–Trinajstić information content (AvgIpc) is 2.82. The fraction of sp³-hybridized carbons (Fsp3) is 0.333. The Balaban J connectivity index is 1.73. The Kier molecular flexibility index (Phi) is 6.63. The zero-order valence-corrected chi connectivity index (χ0v) is 17.9. The number of hydrogen-bond donors (Lipinski definition) is 0. The van der Waals surface area contributed by atoms with Crippen molar-refractivity contribution in [1.82, 2.24) is 4.90 Å². The predicted molar refractivity (Wildman–Crippen MR) is 122 cm³/mol.